The van der Waals surface area contributed by atoms with Crippen LogP contribution < -0.4 is 10.2 Å². The van der Waals surface area contributed by atoms with Crippen LogP contribution in [0.5, 0.6) is 0 Å². The molecule has 0 aliphatic rings. The van der Waals surface area contributed by atoms with E-state index in [0.717, 1.165) is 17.8 Å². The number of halogens is 1. The normalized spacial score (nSPS) is 11.7. The quantitative estimate of drug-likeness (QED) is 0.880. The van der Waals surface area contributed by atoms with E-state index in [-0.39, 0.29) is 11.4 Å². The second kappa shape index (κ2) is 6.58. The minimum Gasteiger partial charge on any atom is -0.369 e. The molecule has 0 unspecified atom stereocenters. The molecule has 2 nitrogen and oxygen atoms in total. The van der Waals surface area contributed by atoms with Gasteiger partial charge >= 0.3 is 0 Å². The summed E-state index contributed by atoms with van der Waals surface area (Å²) in [7, 11) is 2.01. The molecule has 114 valence electrons. The number of anilines is 1. The summed E-state index contributed by atoms with van der Waals surface area (Å²) in [4.78, 5) is 3.38. The van der Waals surface area contributed by atoms with Crippen LogP contribution in [0, 0.1) is 5.82 Å². The fraction of sp³-hybridized carbons (Fsp3) is 0.412. The van der Waals surface area contributed by atoms with Crippen LogP contribution >= 0.6 is 11.3 Å². The van der Waals surface area contributed by atoms with E-state index >= 15 is 0 Å². The van der Waals surface area contributed by atoms with Gasteiger partial charge in [0, 0.05) is 35.3 Å². The van der Waals surface area contributed by atoms with E-state index in [1.165, 1.54) is 10.9 Å². The van der Waals surface area contributed by atoms with Gasteiger partial charge in [0.1, 0.15) is 5.82 Å². The second-order valence-electron chi connectivity index (χ2n) is 6.28. The molecule has 1 heterocycles. The summed E-state index contributed by atoms with van der Waals surface area (Å²) in [6.07, 6.45) is 0. The molecule has 4 heteroatoms. The third-order valence-electron chi connectivity index (χ3n) is 3.27. The number of hydrogen-bond donors (Lipinski definition) is 1. The van der Waals surface area contributed by atoms with Gasteiger partial charge in [-0.05, 0) is 44.4 Å². The van der Waals surface area contributed by atoms with Crippen molar-refractivity contribution in [2.75, 3.05) is 11.9 Å². The Morgan fingerprint density at radius 1 is 1.19 bits per heavy atom. The highest BCUT2D eigenvalue weighted by Gasteiger charge is 2.15. The summed E-state index contributed by atoms with van der Waals surface area (Å²) in [5.41, 5.74) is 1.64. The van der Waals surface area contributed by atoms with Crippen LogP contribution in [0.15, 0.2) is 35.7 Å². The lowest BCUT2D eigenvalue weighted by Gasteiger charge is -2.25. The topological polar surface area (TPSA) is 15.3 Å². The van der Waals surface area contributed by atoms with Crippen LogP contribution in [0.2, 0.25) is 0 Å². The molecule has 0 radical (unpaired) electrons. The molecular formula is C17H23FN2S. The molecule has 0 bridgehead atoms. The van der Waals surface area contributed by atoms with Gasteiger partial charge in [-0.2, -0.15) is 0 Å². The molecule has 0 fully saturated rings. The van der Waals surface area contributed by atoms with Gasteiger partial charge in [-0.25, -0.2) is 4.39 Å². The standard InChI is InChI=1S/C17H23FN2S/c1-17(2,3)19-11-14-15(18)8-5-9-16(14)20(4)12-13-7-6-10-21-13/h5-10,19H,11-12H2,1-4H3. The number of hydrogen-bond acceptors (Lipinski definition) is 3. The summed E-state index contributed by atoms with van der Waals surface area (Å²) in [5.74, 6) is -0.151. The molecule has 2 aromatic rings. The Bertz CT molecular complexity index is 573. The molecule has 2 rings (SSSR count). The highest BCUT2D eigenvalue weighted by Crippen LogP contribution is 2.25. The van der Waals surface area contributed by atoms with Gasteiger partial charge in [0.2, 0.25) is 0 Å². The van der Waals surface area contributed by atoms with Crippen molar-refractivity contribution < 1.29 is 4.39 Å². The molecule has 0 atom stereocenters. The van der Waals surface area contributed by atoms with E-state index in [1.54, 1.807) is 17.4 Å². The van der Waals surface area contributed by atoms with Gasteiger partial charge in [-0.3, -0.25) is 0 Å². The molecule has 0 aliphatic carbocycles. The molecular weight excluding hydrogens is 283 g/mol. The van der Waals surface area contributed by atoms with Crippen LogP contribution in [-0.4, -0.2) is 12.6 Å². The Morgan fingerprint density at radius 3 is 2.57 bits per heavy atom. The summed E-state index contributed by atoms with van der Waals surface area (Å²) >= 11 is 1.72. The fourth-order valence-corrected chi connectivity index (χ4v) is 2.91. The van der Waals surface area contributed by atoms with E-state index in [9.17, 15) is 4.39 Å². The summed E-state index contributed by atoms with van der Waals surface area (Å²) in [6.45, 7) is 7.58. The van der Waals surface area contributed by atoms with Crippen LogP contribution in [-0.2, 0) is 13.1 Å². The minimum atomic E-state index is -0.151. The molecule has 0 amide bonds. The van der Waals surface area contributed by atoms with E-state index in [4.69, 9.17) is 0 Å². The zero-order valence-corrected chi connectivity index (χ0v) is 13.9. The molecule has 0 saturated heterocycles. The average Bonchev–Trinajstić information content (AvgIpc) is 2.88. The maximum absolute atomic E-state index is 14.2. The Hall–Kier alpha value is -1.39. The van der Waals surface area contributed by atoms with Gasteiger partial charge in [-0.1, -0.05) is 12.1 Å². The minimum absolute atomic E-state index is 0.0358. The lowest BCUT2D eigenvalue weighted by atomic mass is 10.1. The molecule has 1 aromatic carbocycles. The van der Waals surface area contributed by atoms with Gasteiger partial charge in [0.15, 0.2) is 0 Å². The molecule has 1 aromatic heterocycles. The second-order valence-corrected chi connectivity index (χ2v) is 7.31. The molecule has 0 aliphatic heterocycles. The maximum atomic E-state index is 14.2. The van der Waals surface area contributed by atoms with E-state index in [1.807, 2.05) is 19.2 Å². The van der Waals surface area contributed by atoms with Gasteiger partial charge in [0.25, 0.3) is 0 Å². The monoisotopic (exact) mass is 306 g/mol. The van der Waals surface area contributed by atoms with Gasteiger partial charge in [0.05, 0.1) is 6.54 Å². The zero-order valence-electron chi connectivity index (χ0n) is 13.1. The van der Waals surface area contributed by atoms with Crippen molar-refractivity contribution in [2.45, 2.75) is 39.4 Å². The van der Waals surface area contributed by atoms with Crippen molar-refractivity contribution in [2.24, 2.45) is 0 Å². The molecule has 1 N–H and O–H groups in total. The Balaban J connectivity index is 2.20. The average molecular weight is 306 g/mol. The van der Waals surface area contributed by atoms with Gasteiger partial charge < -0.3 is 10.2 Å². The maximum Gasteiger partial charge on any atom is 0.129 e. The summed E-state index contributed by atoms with van der Waals surface area (Å²) in [6, 6.07) is 9.43. The Morgan fingerprint density at radius 2 is 1.95 bits per heavy atom. The highest BCUT2D eigenvalue weighted by atomic mass is 32.1. The van der Waals surface area contributed by atoms with Crippen molar-refractivity contribution in [3.8, 4) is 0 Å². The van der Waals surface area contributed by atoms with E-state index in [0.29, 0.717) is 6.54 Å². The van der Waals surface area contributed by atoms with Crippen molar-refractivity contribution in [1.29, 1.82) is 0 Å². The number of nitrogens with zero attached hydrogens (tertiary/aromatic N) is 1. The van der Waals surface area contributed by atoms with E-state index < -0.39 is 0 Å². The summed E-state index contributed by atoms with van der Waals surface area (Å²) in [5, 5.41) is 5.44. The van der Waals surface area contributed by atoms with Crippen LogP contribution in [0.25, 0.3) is 0 Å². The molecule has 0 saturated carbocycles. The van der Waals surface area contributed by atoms with Gasteiger partial charge in [-0.15, -0.1) is 11.3 Å². The smallest absolute Gasteiger partial charge is 0.129 e. The number of thiophene rings is 1. The van der Waals surface area contributed by atoms with Crippen LogP contribution in [0.4, 0.5) is 10.1 Å². The fourth-order valence-electron chi connectivity index (χ4n) is 2.15. The first kappa shape index (κ1) is 16.0. The lowest BCUT2D eigenvalue weighted by Crippen LogP contribution is -2.35. The Labute approximate surface area is 130 Å². The van der Waals surface area contributed by atoms with Crippen molar-refractivity contribution in [1.82, 2.24) is 5.32 Å². The number of benzene rings is 1. The van der Waals surface area contributed by atoms with Crippen LogP contribution in [0.1, 0.15) is 31.2 Å². The van der Waals surface area contributed by atoms with E-state index in [2.05, 4.69) is 42.4 Å². The molecule has 21 heavy (non-hydrogen) atoms. The summed E-state index contributed by atoms with van der Waals surface area (Å²) < 4.78 is 14.2. The SMILES string of the molecule is CN(Cc1cccs1)c1cccc(F)c1CNC(C)(C)C. The predicted molar refractivity (Wildman–Crippen MR) is 89.4 cm³/mol. The van der Waals surface area contributed by atoms with Crippen molar-refractivity contribution in [3.63, 3.8) is 0 Å². The van der Waals surface area contributed by atoms with Crippen LogP contribution in [0.3, 0.4) is 0 Å². The predicted octanol–water partition coefficient (Wildman–Crippen LogP) is 4.41. The first-order chi connectivity index (χ1) is 9.87. The van der Waals surface area contributed by atoms with Crippen molar-refractivity contribution in [3.05, 3.63) is 52.0 Å². The number of rotatable bonds is 5. The van der Waals surface area contributed by atoms with Crippen molar-refractivity contribution >= 4 is 17.0 Å². The number of nitrogens with one attached hydrogen (secondary N) is 1. The third-order valence-corrected chi connectivity index (χ3v) is 4.14. The Kier molecular flexibility index (Phi) is 5.01. The third kappa shape index (κ3) is 4.55. The first-order valence-electron chi connectivity index (χ1n) is 7.13. The highest BCUT2D eigenvalue weighted by molar-refractivity contribution is 7.09. The molecule has 0 spiro atoms. The zero-order chi connectivity index (χ0) is 15.5. The lowest BCUT2D eigenvalue weighted by molar-refractivity contribution is 0.418. The first-order valence-corrected chi connectivity index (χ1v) is 8.01. The largest absolute Gasteiger partial charge is 0.369 e.